The van der Waals surface area contributed by atoms with Gasteiger partial charge in [-0.25, -0.2) is 4.98 Å². The largest absolute Gasteiger partial charge is 0.496 e. The number of likely N-dealkylation sites (tertiary alicyclic amines) is 1. The van der Waals surface area contributed by atoms with Crippen LogP contribution < -0.4 is 21.1 Å². The highest BCUT2D eigenvalue weighted by Gasteiger charge is 2.22. The van der Waals surface area contributed by atoms with Crippen LogP contribution in [0.25, 0.3) is 21.9 Å². The minimum absolute atomic E-state index is 0.0650. The number of nitrogens with two attached hydrogens (primary N) is 1. The predicted octanol–water partition coefficient (Wildman–Crippen LogP) is 4.29. The van der Waals surface area contributed by atoms with Crippen LogP contribution in [0.5, 0.6) is 5.75 Å². The van der Waals surface area contributed by atoms with Crippen LogP contribution in [0.3, 0.4) is 0 Å². The number of rotatable bonds is 12. The van der Waals surface area contributed by atoms with E-state index >= 15 is 0 Å². The number of carbonyl (C=O) groups excluding carboxylic acids is 1. The third kappa shape index (κ3) is 6.44. The van der Waals surface area contributed by atoms with Crippen LogP contribution in [0.1, 0.15) is 57.1 Å². The lowest BCUT2D eigenvalue weighted by atomic mass is 10.0. The molecule has 0 radical (unpaired) electrons. The van der Waals surface area contributed by atoms with E-state index in [2.05, 4.69) is 56.4 Å². The number of ether oxygens (including phenoxy) is 1. The minimum Gasteiger partial charge on any atom is -0.496 e. The van der Waals surface area contributed by atoms with E-state index in [1.165, 1.54) is 5.56 Å². The number of benzene rings is 2. The normalized spacial score (nSPS) is 14.9. The van der Waals surface area contributed by atoms with Gasteiger partial charge < -0.3 is 35.7 Å². The van der Waals surface area contributed by atoms with Gasteiger partial charge in [0.1, 0.15) is 16.8 Å². The van der Waals surface area contributed by atoms with Crippen molar-refractivity contribution in [1.82, 2.24) is 24.8 Å². The lowest BCUT2D eigenvalue weighted by molar-refractivity contribution is -0.129. The number of anilines is 2. The fourth-order valence-corrected chi connectivity index (χ4v) is 6.09. The molecule has 2 aromatic heterocycles. The van der Waals surface area contributed by atoms with Crippen LogP contribution in [-0.4, -0.2) is 69.3 Å². The monoisotopic (exact) mass is 573 g/mol. The number of aromatic nitrogens is 3. The van der Waals surface area contributed by atoms with Crippen molar-refractivity contribution in [2.75, 3.05) is 37.9 Å². The molecule has 0 aliphatic carbocycles. The molecule has 10 heteroatoms. The van der Waals surface area contributed by atoms with Crippen molar-refractivity contribution in [2.45, 2.75) is 71.1 Å². The number of aliphatic hydroxyl groups is 1. The summed E-state index contributed by atoms with van der Waals surface area (Å²) in [6.45, 7) is 6.76. The van der Waals surface area contributed by atoms with Gasteiger partial charge in [0.15, 0.2) is 5.82 Å². The summed E-state index contributed by atoms with van der Waals surface area (Å²) < 4.78 is 8.05. The van der Waals surface area contributed by atoms with Crippen molar-refractivity contribution in [3.8, 4) is 5.75 Å². The van der Waals surface area contributed by atoms with Crippen molar-refractivity contribution in [1.29, 1.82) is 0 Å². The molecule has 3 heterocycles. The van der Waals surface area contributed by atoms with Gasteiger partial charge in [-0.15, -0.1) is 0 Å². The van der Waals surface area contributed by atoms with Gasteiger partial charge in [0, 0.05) is 56.2 Å². The summed E-state index contributed by atoms with van der Waals surface area (Å²) in [5, 5.41) is 18.0. The van der Waals surface area contributed by atoms with E-state index in [9.17, 15) is 9.90 Å². The Hall–Kier alpha value is -3.89. The molecule has 1 fully saturated rings. The maximum atomic E-state index is 11.7. The van der Waals surface area contributed by atoms with E-state index in [0.717, 1.165) is 78.6 Å². The average Bonchev–Trinajstić information content (AvgIpc) is 3.30. The molecule has 1 aliphatic heterocycles. The summed E-state index contributed by atoms with van der Waals surface area (Å²) in [4.78, 5) is 22.9. The Labute approximate surface area is 247 Å². The van der Waals surface area contributed by atoms with Crippen LogP contribution in [-0.2, 0) is 17.9 Å². The van der Waals surface area contributed by atoms with Gasteiger partial charge in [0.2, 0.25) is 11.9 Å². The smallest absolute Gasteiger partial charge is 0.222 e. The van der Waals surface area contributed by atoms with Crippen LogP contribution in [0, 0.1) is 0 Å². The Balaban J connectivity index is 1.48. The van der Waals surface area contributed by atoms with Crippen molar-refractivity contribution >= 4 is 39.6 Å². The van der Waals surface area contributed by atoms with E-state index in [1.54, 1.807) is 14.0 Å². The molecule has 1 atom stereocenters. The van der Waals surface area contributed by atoms with Crippen LogP contribution in [0.4, 0.5) is 11.8 Å². The molecule has 2 aromatic carbocycles. The third-order valence-corrected chi connectivity index (χ3v) is 8.29. The quantitative estimate of drug-likeness (QED) is 0.198. The summed E-state index contributed by atoms with van der Waals surface area (Å²) in [5.74, 6) is 1.86. The number of nitrogens with zero attached hydrogens (tertiary/aromatic N) is 4. The Kier molecular flexibility index (Phi) is 9.44. The Morgan fingerprint density at radius 1 is 1.17 bits per heavy atom. The van der Waals surface area contributed by atoms with Gasteiger partial charge >= 0.3 is 0 Å². The van der Waals surface area contributed by atoms with Crippen molar-refractivity contribution < 1.29 is 14.6 Å². The summed E-state index contributed by atoms with van der Waals surface area (Å²) in [5.41, 5.74) is 11.2. The molecule has 5 rings (SSSR count). The number of fused-ring (bicyclic) bond motifs is 3. The molecule has 1 aliphatic rings. The molecule has 0 bridgehead atoms. The topological polar surface area (TPSA) is 131 Å². The second-order valence-corrected chi connectivity index (χ2v) is 11.2. The zero-order valence-corrected chi connectivity index (χ0v) is 24.9. The number of amides is 1. The molecule has 1 saturated heterocycles. The zero-order chi connectivity index (χ0) is 29.6. The van der Waals surface area contributed by atoms with Crippen LogP contribution in [0.2, 0.25) is 0 Å². The van der Waals surface area contributed by atoms with Crippen molar-refractivity contribution in [3.05, 3.63) is 53.6 Å². The first-order valence-electron chi connectivity index (χ1n) is 15.0. The first kappa shape index (κ1) is 29.6. The number of methoxy groups -OCH3 is 1. The number of aliphatic hydroxyl groups excluding tert-OH is 1. The molecular formula is C32H43N7O3. The number of nitrogens with one attached hydrogen (secondary N) is 2. The van der Waals surface area contributed by atoms with Crippen molar-refractivity contribution in [2.24, 2.45) is 0 Å². The second-order valence-electron chi connectivity index (χ2n) is 11.2. The van der Waals surface area contributed by atoms with E-state index in [4.69, 9.17) is 10.5 Å². The molecule has 4 aromatic rings. The van der Waals surface area contributed by atoms with Gasteiger partial charge in [-0.1, -0.05) is 37.6 Å². The van der Waals surface area contributed by atoms with E-state index in [-0.39, 0.29) is 24.5 Å². The Morgan fingerprint density at radius 3 is 2.67 bits per heavy atom. The zero-order valence-electron chi connectivity index (χ0n) is 24.9. The molecule has 0 unspecified atom stereocenters. The molecule has 1 amide bonds. The molecule has 0 saturated carbocycles. The summed E-state index contributed by atoms with van der Waals surface area (Å²) >= 11 is 0. The molecule has 10 nitrogen and oxygen atoms in total. The van der Waals surface area contributed by atoms with Gasteiger partial charge in [0.25, 0.3) is 0 Å². The summed E-state index contributed by atoms with van der Waals surface area (Å²) in [6, 6.07) is 15.0. The summed E-state index contributed by atoms with van der Waals surface area (Å²) in [7, 11) is 1.70. The fraction of sp³-hybridized carbons (Fsp3) is 0.469. The lowest BCUT2D eigenvalue weighted by Crippen LogP contribution is -2.43. The number of carbonyl (C=O) groups is 1. The first-order valence-corrected chi connectivity index (χ1v) is 15.0. The SMILES string of the molecule is CCC[C@@H](CCO)Nc1nc(N)nc2c3ccccc3n(Cc3cc(CNC4CCN(C(C)=O)CC4)ccc3OC)c12. The molecular weight excluding hydrogens is 530 g/mol. The van der Waals surface area contributed by atoms with Crippen molar-refractivity contribution in [3.63, 3.8) is 0 Å². The van der Waals surface area contributed by atoms with Crippen LogP contribution in [0.15, 0.2) is 42.5 Å². The summed E-state index contributed by atoms with van der Waals surface area (Å²) in [6.07, 6.45) is 4.42. The van der Waals surface area contributed by atoms with Gasteiger partial charge in [-0.2, -0.15) is 4.98 Å². The Morgan fingerprint density at radius 2 is 1.95 bits per heavy atom. The highest BCUT2D eigenvalue weighted by molar-refractivity contribution is 6.09. The number of para-hydroxylation sites is 1. The second kappa shape index (κ2) is 13.4. The highest BCUT2D eigenvalue weighted by Crippen LogP contribution is 2.35. The van der Waals surface area contributed by atoms with E-state index < -0.39 is 0 Å². The van der Waals surface area contributed by atoms with E-state index in [0.29, 0.717) is 24.8 Å². The van der Waals surface area contributed by atoms with Gasteiger partial charge in [-0.05, 0) is 49.4 Å². The maximum Gasteiger partial charge on any atom is 0.222 e. The molecule has 224 valence electrons. The maximum absolute atomic E-state index is 11.7. The first-order chi connectivity index (χ1) is 20.4. The third-order valence-electron chi connectivity index (χ3n) is 8.29. The number of piperidine rings is 1. The van der Waals surface area contributed by atoms with Crippen LogP contribution >= 0.6 is 0 Å². The lowest BCUT2D eigenvalue weighted by Gasteiger charge is -2.31. The Bertz CT molecular complexity index is 1520. The minimum atomic E-state index is 0.0650. The number of nitrogen functional groups attached to an aromatic ring is 1. The molecule has 5 N–H and O–H groups in total. The average molecular weight is 574 g/mol. The number of hydrogen-bond acceptors (Lipinski definition) is 8. The highest BCUT2D eigenvalue weighted by atomic mass is 16.5. The predicted molar refractivity (Wildman–Crippen MR) is 168 cm³/mol. The molecule has 0 spiro atoms. The number of hydrogen-bond donors (Lipinski definition) is 4. The fourth-order valence-electron chi connectivity index (χ4n) is 6.09. The van der Waals surface area contributed by atoms with E-state index in [1.807, 2.05) is 23.1 Å². The molecule has 42 heavy (non-hydrogen) atoms. The standard InChI is InChI=1S/C32H43N7O3/c1-4-7-25(14-17-40)35-31-30-29(36-32(33)37-31)26-8-5-6-9-27(26)39(30)20-23-18-22(10-11-28(23)42-3)19-34-24-12-15-38(16-13-24)21(2)41/h5-6,8-11,18,24-25,34,40H,4,7,12-17,19-20H2,1-3H3,(H3,33,35,36,37)/t25-/m0/s1. The van der Waals surface area contributed by atoms with Gasteiger partial charge in [-0.3, -0.25) is 4.79 Å². The van der Waals surface area contributed by atoms with Gasteiger partial charge in [0.05, 0.1) is 19.2 Å².